The van der Waals surface area contributed by atoms with E-state index in [9.17, 15) is 22.8 Å². The van der Waals surface area contributed by atoms with E-state index in [1.54, 1.807) is 44.2 Å². The molecule has 10 heteroatoms. The third-order valence-corrected chi connectivity index (χ3v) is 8.15. The lowest BCUT2D eigenvalue weighted by molar-refractivity contribution is -0.123. The molecule has 2 aliphatic rings. The quantitative estimate of drug-likeness (QED) is 0.628. The number of ether oxygens (including phenoxy) is 1. The number of sulfonamides is 1. The van der Waals surface area contributed by atoms with Gasteiger partial charge in [0.1, 0.15) is 5.75 Å². The minimum atomic E-state index is -3.89. The van der Waals surface area contributed by atoms with E-state index >= 15 is 0 Å². The number of amides is 2. The summed E-state index contributed by atoms with van der Waals surface area (Å²) in [5.41, 5.74) is 2.01. The number of hydrogen-bond acceptors (Lipinski definition) is 6. The smallest absolute Gasteiger partial charge is 0.265 e. The molecule has 34 heavy (non-hydrogen) atoms. The van der Waals surface area contributed by atoms with Gasteiger partial charge >= 0.3 is 0 Å². The Balaban J connectivity index is 1.51. The minimum absolute atomic E-state index is 0.0597. The Bertz CT molecular complexity index is 1260. The van der Waals surface area contributed by atoms with Gasteiger partial charge in [0.25, 0.3) is 5.91 Å². The summed E-state index contributed by atoms with van der Waals surface area (Å²) in [6.45, 7) is 5.09. The third kappa shape index (κ3) is 4.69. The Morgan fingerprint density at radius 2 is 1.88 bits per heavy atom. The molecule has 2 heterocycles. The van der Waals surface area contributed by atoms with Gasteiger partial charge in [-0.3, -0.25) is 14.4 Å². The molecule has 2 unspecified atom stereocenters. The SMILES string of the molecule is CC(=O)c1ccc(NC(=O)C2CCCN(S(=O)(=O)c3cc4c(cc3C)NC(=O)C(C)O4)C2)cc1. The summed E-state index contributed by atoms with van der Waals surface area (Å²) in [6, 6.07) is 9.62. The van der Waals surface area contributed by atoms with Crippen molar-refractivity contribution in [3.63, 3.8) is 0 Å². The van der Waals surface area contributed by atoms with Gasteiger partial charge in [-0.15, -0.1) is 0 Å². The first kappa shape index (κ1) is 23.9. The number of piperidine rings is 1. The predicted molar refractivity (Wildman–Crippen MR) is 126 cm³/mol. The summed E-state index contributed by atoms with van der Waals surface area (Å²) in [6.07, 6.45) is 0.395. The van der Waals surface area contributed by atoms with Gasteiger partial charge in [-0.05, 0) is 69.5 Å². The number of benzene rings is 2. The number of rotatable bonds is 5. The van der Waals surface area contributed by atoms with Crippen molar-refractivity contribution in [2.45, 2.75) is 44.6 Å². The monoisotopic (exact) mass is 485 g/mol. The molecule has 2 N–H and O–H groups in total. The Morgan fingerprint density at radius 1 is 1.18 bits per heavy atom. The summed E-state index contributed by atoms with van der Waals surface area (Å²) in [5.74, 6) is -0.826. The van der Waals surface area contributed by atoms with Crippen molar-refractivity contribution in [3.05, 3.63) is 47.5 Å². The maximum absolute atomic E-state index is 13.5. The topological polar surface area (TPSA) is 122 Å². The van der Waals surface area contributed by atoms with Crippen LogP contribution in [0.1, 0.15) is 42.6 Å². The first-order chi connectivity index (χ1) is 16.1. The summed E-state index contributed by atoms with van der Waals surface area (Å²) in [7, 11) is -3.89. The molecule has 9 nitrogen and oxygen atoms in total. The fraction of sp³-hybridized carbons (Fsp3) is 0.375. The molecule has 2 amide bonds. The van der Waals surface area contributed by atoms with Crippen LogP contribution in [0, 0.1) is 12.8 Å². The lowest BCUT2D eigenvalue weighted by Gasteiger charge is -2.32. The van der Waals surface area contributed by atoms with Crippen LogP contribution in [-0.2, 0) is 19.6 Å². The minimum Gasteiger partial charge on any atom is -0.479 e. The van der Waals surface area contributed by atoms with Gasteiger partial charge in [0.2, 0.25) is 15.9 Å². The van der Waals surface area contributed by atoms with Gasteiger partial charge in [0.05, 0.1) is 16.5 Å². The third-order valence-electron chi connectivity index (χ3n) is 6.14. The summed E-state index contributed by atoms with van der Waals surface area (Å²) in [4.78, 5) is 36.2. The number of hydrogen-bond donors (Lipinski definition) is 2. The molecule has 2 atom stereocenters. The van der Waals surface area contributed by atoms with Gasteiger partial charge in [0, 0.05) is 30.4 Å². The molecule has 2 aliphatic heterocycles. The van der Waals surface area contributed by atoms with E-state index < -0.39 is 22.0 Å². The number of fused-ring (bicyclic) bond motifs is 1. The van der Waals surface area contributed by atoms with Crippen molar-refractivity contribution >= 4 is 39.0 Å². The van der Waals surface area contributed by atoms with E-state index in [0.717, 1.165) is 0 Å². The van der Waals surface area contributed by atoms with Crippen LogP contribution in [0.5, 0.6) is 5.75 Å². The number of nitrogens with one attached hydrogen (secondary N) is 2. The Kier molecular flexibility index (Phi) is 6.46. The second kappa shape index (κ2) is 9.19. The van der Waals surface area contributed by atoms with Crippen molar-refractivity contribution < 1.29 is 27.5 Å². The average molecular weight is 486 g/mol. The molecule has 0 spiro atoms. The van der Waals surface area contributed by atoms with Gasteiger partial charge in [0.15, 0.2) is 11.9 Å². The van der Waals surface area contributed by atoms with E-state index in [4.69, 9.17) is 4.74 Å². The molecule has 0 bridgehead atoms. The largest absolute Gasteiger partial charge is 0.479 e. The number of Topliss-reactive ketones (excluding diaryl/α,β-unsaturated/α-hetero) is 1. The lowest BCUT2D eigenvalue weighted by Crippen LogP contribution is -2.44. The number of carbonyl (C=O) groups excluding carboxylic acids is 3. The summed E-state index contributed by atoms with van der Waals surface area (Å²) < 4.78 is 33.9. The molecule has 4 rings (SSSR count). The van der Waals surface area contributed by atoms with Gasteiger partial charge in [-0.25, -0.2) is 8.42 Å². The molecule has 0 aliphatic carbocycles. The molecule has 0 aromatic heterocycles. The summed E-state index contributed by atoms with van der Waals surface area (Å²) in [5, 5.41) is 5.54. The van der Waals surface area contributed by atoms with Crippen molar-refractivity contribution in [1.82, 2.24) is 4.31 Å². The second-order valence-corrected chi connectivity index (χ2v) is 10.6. The number of anilines is 2. The van der Waals surface area contributed by atoms with Crippen LogP contribution < -0.4 is 15.4 Å². The van der Waals surface area contributed by atoms with Gasteiger partial charge < -0.3 is 15.4 Å². The van der Waals surface area contributed by atoms with Gasteiger partial charge in [-0.1, -0.05) is 0 Å². The van der Waals surface area contributed by atoms with Crippen molar-refractivity contribution in [1.29, 1.82) is 0 Å². The highest BCUT2D eigenvalue weighted by Crippen LogP contribution is 2.36. The Hall–Kier alpha value is -3.24. The van der Waals surface area contributed by atoms with Crippen LogP contribution in [0.15, 0.2) is 41.3 Å². The molecule has 180 valence electrons. The van der Waals surface area contributed by atoms with E-state index in [1.165, 1.54) is 17.3 Å². The predicted octanol–water partition coefficient (Wildman–Crippen LogP) is 2.96. The zero-order valence-corrected chi connectivity index (χ0v) is 20.1. The molecular weight excluding hydrogens is 458 g/mol. The zero-order valence-electron chi connectivity index (χ0n) is 19.3. The second-order valence-electron chi connectivity index (χ2n) is 8.69. The van der Waals surface area contributed by atoms with Crippen LogP contribution in [0.4, 0.5) is 11.4 Å². The molecule has 1 fully saturated rings. The highest BCUT2D eigenvalue weighted by molar-refractivity contribution is 7.89. The van der Waals surface area contributed by atoms with Crippen LogP contribution in [0.25, 0.3) is 0 Å². The fourth-order valence-corrected chi connectivity index (χ4v) is 5.91. The summed E-state index contributed by atoms with van der Waals surface area (Å²) >= 11 is 0. The first-order valence-electron chi connectivity index (χ1n) is 11.1. The van der Waals surface area contributed by atoms with Crippen LogP contribution in [0.3, 0.4) is 0 Å². The maximum atomic E-state index is 13.5. The first-order valence-corrected chi connectivity index (χ1v) is 12.5. The van der Waals surface area contributed by atoms with Crippen LogP contribution in [-0.4, -0.2) is 49.5 Å². The maximum Gasteiger partial charge on any atom is 0.265 e. The molecule has 1 saturated heterocycles. The molecule has 0 radical (unpaired) electrons. The number of nitrogens with zero attached hydrogens (tertiary/aromatic N) is 1. The normalized spacial score (nSPS) is 20.6. The highest BCUT2D eigenvalue weighted by Gasteiger charge is 2.35. The standard InChI is InChI=1S/C24H27N3O6S/c1-14-11-20-21(33-16(3)23(29)26-20)12-22(14)34(31,32)27-10-4-5-18(13-27)24(30)25-19-8-6-17(7-9-19)15(2)28/h6-9,11-12,16,18H,4-5,10,13H2,1-3H3,(H,25,30)(H,26,29). The zero-order chi connectivity index (χ0) is 24.6. The molecule has 2 aromatic rings. The van der Waals surface area contributed by atoms with E-state index in [0.29, 0.717) is 47.6 Å². The molecule has 2 aromatic carbocycles. The Morgan fingerprint density at radius 3 is 2.56 bits per heavy atom. The number of aryl methyl sites for hydroxylation is 1. The van der Waals surface area contributed by atoms with Crippen molar-refractivity contribution in [2.75, 3.05) is 23.7 Å². The molecule has 0 saturated carbocycles. The Labute approximate surface area is 198 Å². The number of carbonyl (C=O) groups is 3. The van der Waals surface area contributed by atoms with Crippen LogP contribution in [0.2, 0.25) is 0 Å². The fourth-order valence-electron chi connectivity index (χ4n) is 4.17. The van der Waals surface area contributed by atoms with Crippen LogP contribution >= 0.6 is 0 Å². The van der Waals surface area contributed by atoms with Crippen molar-refractivity contribution in [2.24, 2.45) is 5.92 Å². The average Bonchev–Trinajstić information content (AvgIpc) is 2.80. The van der Waals surface area contributed by atoms with E-state index in [-0.39, 0.29) is 29.0 Å². The number of ketones is 1. The molecular formula is C24H27N3O6S. The lowest BCUT2D eigenvalue weighted by atomic mass is 9.98. The van der Waals surface area contributed by atoms with E-state index in [2.05, 4.69) is 10.6 Å². The van der Waals surface area contributed by atoms with Gasteiger partial charge in [-0.2, -0.15) is 4.31 Å². The van der Waals surface area contributed by atoms with Crippen molar-refractivity contribution in [3.8, 4) is 5.75 Å². The highest BCUT2D eigenvalue weighted by atomic mass is 32.2. The van der Waals surface area contributed by atoms with E-state index in [1.807, 2.05) is 0 Å².